The van der Waals surface area contributed by atoms with Gasteiger partial charge in [0.2, 0.25) is 5.91 Å². The van der Waals surface area contributed by atoms with E-state index in [0.29, 0.717) is 6.54 Å². The van der Waals surface area contributed by atoms with Crippen LogP contribution in [0, 0.1) is 10.1 Å². The first-order valence-electron chi connectivity index (χ1n) is 9.19. The first kappa shape index (κ1) is 18.5. The number of benzene rings is 2. The number of aromatic amines is 1. The SMILES string of the molecule is CC(Sc1ccc([N+](=O)[O-])cc1)C(=O)N1CCCC1c1nc2ccccc2[nH]1. The topological polar surface area (TPSA) is 92.1 Å². The van der Waals surface area contributed by atoms with Crippen LogP contribution < -0.4 is 0 Å². The molecule has 144 valence electrons. The van der Waals surface area contributed by atoms with E-state index in [1.165, 1.54) is 23.9 Å². The van der Waals surface area contributed by atoms with Gasteiger partial charge in [0.1, 0.15) is 5.82 Å². The minimum absolute atomic E-state index is 0.0418. The number of hydrogen-bond donors (Lipinski definition) is 1. The second kappa shape index (κ2) is 7.63. The quantitative estimate of drug-likeness (QED) is 0.394. The van der Waals surface area contributed by atoms with Gasteiger partial charge in [-0.25, -0.2) is 4.98 Å². The van der Waals surface area contributed by atoms with E-state index in [-0.39, 0.29) is 22.9 Å². The number of non-ortho nitro benzene ring substituents is 1. The Labute approximate surface area is 166 Å². The van der Waals surface area contributed by atoms with Gasteiger partial charge < -0.3 is 9.88 Å². The highest BCUT2D eigenvalue weighted by atomic mass is 32.2. The number of carbonyl (C=O) groups is 1. The van der Waals surface area contributed by atoms with E-state index in [4.69, 9.17) is 0 Å². The van der Waals surface area contributed by atoms with Crippen LogP contribution in [-0.4, -0.2) is 37.5 Å². The van der Waals surface area contributed by atoms with Crippen LogP contribution in [0.2, 0.25) is 0 Å². The van der Waals surface area contributed by atoms with Crippen molar-refractivity contribution < 1.29 is 9.72 Å². The van der Waals surface area contributed by atoms with Crippen molar-refractivity contribution in [3.8, 4) is 0 Å². The van der Waals surface area contributed by atoms with Crippen molar-refractivity contribution in [3.05, 3.63) is 64.5 Å². The number of amides is 1. The number of likely N-dealkylation sites (tertiary alicyclic amines) is 1. The molecule has 2 unspecified atom stereocenters. The van der Waals surface area contributed by atoms with E-state index in [9.17, 15) is 14.9 Å². The summed E-state index contributed by atoms with van der Waals surface area (Å²) in [6.45, 7) is 2.59. The summed E-state index contributed by atoms with van der Waals surface area (Å²) in [7, 11) is 0. The van der Waals surface area contributed by atoms with Gasteiger partial charge in [-0.3, -0.25) is 14.9 Å². The van der Waals surface area contributed by atoms with Crippen LogP contribution in [0.15, 0.2) is 53.4 Å². The molecular weight excluding hydrogens is 376 g/mol. The molecule has 7 nitrogen and oxygen atoms in total. The Balaban J connectivity index is 1.48. The molecule has 1 N–H and O–H groups in total. The number of H-pyrrole nitrogens is 1. The fraction of sp³-hybridized carbons (Fsp3) is 0.300. The lowest BCUT2D eigenvalue weighted by molar-refractivity contribution is -0.384. The van der Waals surface area contributed by atoms with E-state index in [1.54, 1.807) is 12.1 Å². The van der Waals surface area contributed by atoms with Crippen LogP contribution in [0.3, 0.4) is 0 Å². The minimum Gasteiger partial charge on any atom is -0.340 e. The van der Waals surface area contributed by atoms with E-state index in [2.05, 4.69) is 9.97 Å². The lowest BCUT2D eigenvalue weighted by atomic mass is 10.2. The second-order valence-corrected chi connectivity index (χ2v) is 8.25. The molecule has 1 fully saturated rings. The largest absolute Gasteiger partial charge is 0.340 e. The fourth-order valence-electron chi connectivity index (χ4n) is 3.58. The smallest absolute Gasteiger partial charge is 0.269 e. The van der Waals surface area contributed by atoms with Crippen molar-refractivity contribution in [2.75, 3.05) is 6.54 Å². The van der Waals surface area contributed by atoms with Crippen LogP contribution in [0.25, 0.3) is 11.0 Å². The molecule has 0 saturated carbocycles. The number of nitro benzene ring substituents is 1. The third kappa shape index (κ3) is 3.60. The van der Waals surface area contributed by atoms with Crippen molar-refractivity contribution in [3.63, 3.8) is 0 Å². The molecule has 1 aliphatic heterocycles. The van der Waals surface area contributed by atoms with E-state index < -0.39 is 4.92 Å². The zero-order chi connectivity index (χ0) is 19.7. The number of carbonyl (C=O) groups excluding carboxylic acids is 1. The molecule has 3 aromatic rings. The Morgan fingerprint density at radius 3 is 2.75 bits per heavy atom. The molecule has 1 aromatic heterocycles. The number of para-hydroxylation sites is 2. The van der Waals surface area contributed by atoms with Gasteiger partial charge in [-0.15, -0.1) is 11.8 Å². The summed E-state index contributed by atoms with van der Waals surface area (Å²) >= 11 is 1.42. The van der Waals surface area contributed by atoms with Crippen molar-refractivity contribution in [2.24, 2.45) is 0 Å². The van der Waals surface area contributed by atoms with E-state index in [0.717, 1.165) is 34.6 Å². The molecule has 8 heteroatoms. The molecule has 2 atom stereocenters. The molecule has 1 amide bonds. The number of imidazole rings is 1. The molecule has 0 spiro atoms. The van der Waals surface area contributed by atoms with Gasteiger partial charge in [-0.2, -0.15) is 0 Å². The summed E-state index contributed by atoms with van der Waals surface area (Å²) in [5.41, 5.74) is 1.93. The summed E-state index contributed by atoms with van der Waals surface area (Å²) in [4.78, 5) is 34.2. The summed E-state index contributed by atoms with van der Waals surface area (Å²) in [5.74, 6) is 0.894. The van der Waals surface area contributed by atoms with Crippen LogP contribution in [0.5, 0.6) is 0 Å². The summed E-state index contributed by atoms with van der Waals surface area (Å²) in [5, 5.41) is 10.5. The summed E-state index contributed by atoms with van der Waals surface area (Å²) in [6, 6.07) is 14.1. The third-order valence-electron chi connectivity index (χ3n) is 4.97. The number of fused-ring (bicyclic) bond motifs is 1. The van der Waals surface area contributed by atoms with Crippen molar-refractivity contribution >= 4 is 34.4 Å². The average Bonchev–Trinajstić information content (AvgIpc) is 3.34. The predicted molar refractivity (Wildman–Crippen MR) is 108 cm³/mol. The standard InChI is InChI=1S/C20H20N4O3S/c1-13(28-15-10-8-14(9-11-15)24(26)27)20(25)23-12-4-7-18(23)19-21-16-5-2-3-6-17(16)22-19/h2-3,5-6,8-11,13,18H,4,7,12H2,1H3,(H,21,22). The van der Waals surface area contributed by atoms with Gasteiger partial charge in [-0.1, -0.05) is 12.1 Å². The third-order valence-corrected chi connectivity index (χ3v) is 6.07. The highest BCUT2D eigenvalue weighted by Gasteiger charge is 2.34. The van der Waals surface area contributed by atoms with Gasteiger partial charge in [0.05, 0.1) is 27.2 Å². The van der Waals surface area contributed by atoms with Crippen molar-refractivity contribution in [1.82, 2.24) is 14.9 Å². The second-order valence-electron chi connectivity index (χ2n) is 6.84. The first-order chi connectivity index (χ1) is 13.5. The van der Waals surface area contributed by atoms with Crippen LogP contribution in [-0.2, 0) is 4.79 Å². The zero-order valence-corrected chi connectivity index (χ0v) is 16.2. The Morgan fingerprint density at radius 2 is 2.04 bits per heavy atom. The van der Waals surface area contributed by atoms with Gasteiger partial charge >= 0.3 is 0 Å². The maximum Gasteiger partial charge on any atom is 0.269 e. The summed E-state index contributed by atoms with van der Waals surface area (Å²) in [6.07, 6.45) is 1.84. The highest BCUT2D eigenvalue weighted by Crippen LogP contribution is 2.34. The average molecular weight is 396 g/mol. The molecule has 0 aliphatic carbocycles. The van der Waals surface area contributed by atoms with Gasteiger partial charge in [-0.05, 0) is 44.0 Å². The lowest BCUT2D eigenvalue weighted by Crippen LogP contribution is -2.36. The number of nitro groups is 1. The molecular formula is C20H20N4O3S. The monoisotopic (exact) mass is 396 g/mol. The predicted octanol–water partition coefficient (Wildman–Crippen LogP) is 4.32. The van der Waals surface area contributed by atoms with Crippen molar-refractivity contribution in [1.29, 1.82) is 0 Å². The Kier molecular flexibility index (Phi) is 5.04. The van der Waals surface area contributed by atoms with Crippen LogP contribution >= 0.6 is 11.8 Å². The molecule has 1 saturated heterocycles. The molecule has 4 rings (SSSR count). The Bertz CT molecular complexity index is 985. The number of nitrogens with zero attached hydrogens (tertiary/aromatic N) is 3. The number of hydrogen-bond acceptors (Lipinski definition) is 5. The maximum absolute atomic E-state index is 13.1. The molecule has 0 bridgehead atoms. The van der Waals surface area contributed by atoms with Gasteiger partial charge in [0.25, 0.3) is 5.69 Å². The first-order valence-corrected chi connectivity index (χ1v) is 10.1. The molecule has 2 aromatic carbocycles. The highest BCUT2D eigenvalue weighted by molar-refractivity contribution is 8.00. The van der Waals surface area contributed by atoms with Crippen LogP contribution in [0.4, 0.5) is 5.69 Å². The van der Waals surface area contributed by atoms with E-state index in [1.807, 2.05) is 36.1 Å². The van der Waals surface area contributed by atoms with E-state index >= 15 is 0 Å². The van der Waals surface area contributed by atoms with Gasteiger partial charge in [0.15, 0.2) is 0 Å². The Hall–Kier alpha value is -2.87. The Morgan fingerprint density at radius 1 is 1.29 bits per heavy atom. The number of thioether (sulfide) groups is 1. The number of nitrogens with one attached hydrogen (secondary N) is 1. The van der Waals surface area contributed by atoms with Crippen LogP contribution in [0.1, 0.15) is 31.6 Å². The minimum atomic E-state index is -0.425. The molecule has 2 heterocycles. The zero-order valence-electron chi connectivity index (χ0n) is 15.4. The summed E-state index contributed by atoms with van der Waals surface area (Å²) < 4.78 is 0. The number of rotatable bonds is 5. The van der Waals surface area contributed by atoms with Crippen molar-refractivity contribution in [2.45, 2.75) is 36.0 Å². The fourth-order valence-corrected chi connectivity index (χ4v) is 4.52. The van der Waals surface area contributed by atoms with Gasteiger partial charge in [0, 0.05) is 23.6 Å². The molecule has 0 radical (unpaired) electrons. The number of aromatic nitrogens is 2. The molecule has 1 aliphatic rings. The maximum atomic E-state index is 13.1. The normalized spacial score (nSPS) is 17.8. The lowest BCUT2D eigenvalue weighted by Gasteiger charge is -2.26. The molecule has 28 heavy (non-hydrogen) atoms.